The van der Waals surface area contributed by atoms with Crippen molar-refractivity contribution in [2.45, 2.75) is 64.7 Å². The number of carbonyl (C=O) groups is 1. The minimum atomic E-state index is 0.0278. The number of rotatable bonds is 5. The van der Waals surface area contributed by atoms with E-state index >= 15 is 0 Å². The molecular formula is C15H26O2. The molecule has 2 fully saturated rings. The second kappa shape index (κ2) is 6.42. The molecule has 2 rings (SSSR count). The molecule has 1 atom stereocenters. The third-order valence-electron chi connectivity index (χ3n) is 4.66. The van der Waals surface area contributed by atoms with Gasteiger partial charge >= 0.3 is 5.97 Å². The van der Waals surface area contributed by atoms with E-state index in [1.54, 1.807) is 0 Å². The van der Waals surface area contributed by atoms with Crippen molar-refractivity contribution in [2.24, 2.45) is 17.8 Å². The Morgan fingerprint density at radius 3 is 2.47 bits per heavy atom. The Hall–Kier alpha value is -0.530. The zero-order valence-corrected chi connectivity index (χ0v) is 11.1. The van der Waals surface area contributed by atoms with Gasteiger partial charge in [0, 0.05) is 5.92 Å². The minimum absolute atomic E-state index is 0.0278. The summed E-state index contributed by atoms with van der Waals surface area (Å²) in [5.41, 5.74) is 0. The second-order valence-electron chi connectivity index (χ2n) is 5.92. The van der Waals surface area contributed by atoms with E-state index < -0.39 is 0 Å². The Bertz CT molecular complexity index is 241. The first-order chi connectivity index (χ1) is 8.29. The van der Waals surface area contributed by atoms with Gasteiger partial charge in [0.25, 0.3) is 0 Å². The van der Waals surface area contributed by atoms with Gasteiger partial charge in [0.15, 0.2) is 0 Å². The highest BCUT2D eigenvalue weighted by Crippen LogP contribution is 2.38. The van der Waals surface area contributed by atoms with Gasteiger partial charge in [-0.2, -0.15) is 0 Å². The highest BCUT2D eigenvalue weighted by molar-refractivity contribution is 5.71. The van der Waals surface area contributed by atoms with E-state index in [2.05, 4.69) is 6.92 Å². The molecule has 0 aromatic carbocycles. The Morgan fingerprint density at radius 2 is 1.88 bits per heavy atom. The molecule has 1 aliphatic heterocycles. The van der Waals surface area contributed by atoms with Gasteiger partial charge in [-0.25, -0.2) is 0 Å². The molecule has 1 heterocycles. The maximum atomic E-state index is 11.1. The van der Waals surface area contributed by atoms with Crippen molar-refractivity contribution in [2.75, 3.05) is 6.61 Å². The maximum Gasteiger partial charge on any atom is 0.306 e. The lowest BCUT2D eigenvalue weighted by atomic mass is 9.74. The van der Waals surface area contributed by atoms with Crippen LogP contribution in [0.5, 0.6) is 0 Å². The maximum absolute atomic E-state index is 11.1. The largest absolute Gasteiger partial charge is 0.465 e. The molecule has 0 bridgehead atoms. The van der Waals surface area contributed by atoms with Crippen LogP contribution in [0.3, 0.4) is 0 Å². The molecular weight excluding hydrogens is 212 g/mol. The normalized spacial score (nSPS) is 33.7. The SMILES string of the molecule is CCCCCC1CCC(C2COC(=O)C2)CC1. The van der Waals surface area contributed by atoms with Crippen molar-refractivity contribution in [1.82, 2.24) is 0 Å². The summed E-state index contributed by atoms with van der Waals surface area (Å²) in [6, 6.07) is 0. The first kappa shape index (κ1) is 12.9. The Labute approximate surface area is 105 Å². The van der Waals surface area contributed by atoms with Crippen LogP contribution in [-0.4, -0.2) is 12.6 Å². The van der Waals surface area contributed by atoms with E-state index in [0.717, 1.165) is 11.8 Å². The van der Waals surface area contributed by atoms with Gasteiger partial charge in [-0.05, 0) is 24.7 Å². The standard InChI is InChI=1S/C15H26O2/c1-2-3-4-5-12-6-8-13(9-7-12)14-10-15(16)17-11-14/h12-14H,2-11H2,1H3. The average molecular weight is 238 g/mol. The van der Waals surface area contributed by atoms with Gasteiger partial charge in [0.1, 0.15) is 0 Å². The molecule has 2 heteroatoms. The lowest BCUT2D eigenvalue weighted by Crippen LogP contribution is -2.22. The first-order valence-electron chi connectivity index (χ1n) is 7.45. The molecule has 0 aromatic heterocycles. The Kier molecular flexibility index (Phi) is 4.87. The Balaban J connectivity index is 1.65. The summed E-state index contributed by atoms with van der Waals surface area (Å²) in [7, 11) is 0. The van der Waals surface area contributed by atoms with E-state index in [-0.39, 0.29) is 5.97 Å². The smallest absolute Gasteiger partial charge is 0.306 e. The van der Waals surface area contributed by atoms with Crippen molar-refractivity contribution >= 4 is 5.97 Å². The van der Waals surface area contributed by atoms with Crippen molar-refractivity contribution in [1.29, 1.82) is 0 Å². The van der Waals surface area contributed by atoms with Crippen LogP contribution >= 0.6 is 0 Å². The van der Waals surface area contributed by atoms with Crippen LogP contribution in [0, 0.1) is 17.8 Å². The number of ether oxygens (including phenoxy) is 1. The van der Waals surface area contributed by atoms with E-state index in [1.807, 2.05) is 0 Å². The Morgan fingerprint density at radius 1 is 1.12 bits per heavy atom. The van der Waals surface area contributed by atoms with E-state index in [4.69, 9.17) is 4.74 Å². The van der Waals surface area contributed by atoms with Gasteiger partial charge in [-0.1, -0.05) is 45.4 Å². The monoisotopic (exact) mass is 238 g/mol. The molecule has 1 unspecified atom stereocenters. The molecule has 0 aromatic rings. The number of carbonyl (C=O) groups excluding carboxylic acids is 1. The molecule has 0 radical (unpaired) electrons. The first-order valence-corrected chi connectivity index (χ1v) is 7.45. The summed E-state index contributed by atoms with van der Waals surface area (Å²) in [6.45, 7) is 2.97. The van der Waals surface area contributed by atoms with Gasteiger partial charge in [-0.3, -0.25) is 4.79 Å². The van der Waals surface area contributed by atoms with Crippen molar-refractivity contribution in [3.63, 3.8) is 0 Å². The molecule has 2 nitrogen and oxygen atoms in total. The molecule has 0 N–H and O–H groups in total. The summed E-state index contributed by atoms with van der Waals surface area (Å²) in [4.78, 5) is 11.1. The van der Waals surface area contributed by atoms with Gasteiger partial charge in [0.2, 0.25) is 0 Å². The summed E-state index contributed by atoms with van der Waals surface area (Å²) in [5, 5.41) is 0. The zero-order chi connectivity index (χ0) is 12.1. The van der Waals surface area contributed by atoms with Crippen LogP contribution in [-0.2, 0) is 9.53 Å². The molecule has 0 amide bonds. The van der Waals surface area contributed by atoms with Crippen LogP contribution in [0.15, 0.2) is 0 Å². The highest BCUT2D eigenvalue weighted by atomic mass is 16.5. The molecule has 17 heavy (non-hydrogen) atoms. The van der Waals surface area contributed by atoms with Gasteiger partial charge in [-0.15, -0.1) is 0 Å². The van der Waals surface area contributed by atoms with Gasteiger partial charge < -0.3 is 4.74 Å². The molecule has 1 aliphatic carbocycles. The number of hydrogen-bond donors (Lipinski definition) is 0. The van der Waals surface area contributed by atoms with Crippen molar-refractivity contribution in [3.8, 4) is 0 Å². The average Bonchev–Trinajstić information content (AvgIpc) is 2.77. The van der Waals surface area contributed by atoms with Crippen molar-refractivity contribution < 1.29 is 9.53 Å². The third-order valence-corrected chi connectivity index (χ3v) is 4.66. The van der Waals surface area contributed by atoms with Crippen molar-refractivity contribution in [3.05, 3.63) is 0 Å². The predicted molar refractivity (Wildman–Crippen MR) is 68.7 cm³/mol. The summed E-state index contributed by atoms with van der Waals surface area (Å²) in [5.74, 6) is 2.30. The van der Waals surface area contributed by atoms with Crippen LogP contribution < -0.4 is 0 Å². The van der Waals surface area contributed by atoms with E-state index in [0.29, 0.717) is 18.9 Å². The fourth-order valence-corrected chi connectivity index (χ4v) is 3.47. The summed E-state index contributed by atoms with van der Waals surface area (Å²) in [6.07, 6.45) is 11.7. The van der Waals surface area contributed by atoms with Gasteiger partial charge in [0.05, 0.1) is 13.0 Å². The highest BCUT2D eigenvalue weighted by Gasteiger charge is 2.33. The fraction of sp³-hybridized carbons (Fsp3) is 0.933. The van der Waals surface area contributed by atoms with Crippen LogP contribution in [0.4, 0.5) is 0 Å². The molecule has 2 aliphatic rings. The molecule has 0 spiro atoms. The topological polar surface area (TPSA) is 26.3 Å². The predicted octanol–water partition coefficient (Wildman–Crippen LogP) is 3.94. The quantitative estimate of drug-likeness (QED) is 0.535. The number of cyclic esters (lactones) is 1. The van der Waals surface area contributed by atoms with Crippen LogP contribution in [0.1, 0.15) is 64.7 Å². The fourth-order valence-electron chi connectivity index (χ4n) is 3.47. The molecule has 98 valence electrons. The van der Waals surface area contributed by atoms with E-state index in [9.17, 15) is 4.79 Å². The molecule has 1 saturated carbocycles. The third kappa shape index (κ3) is 3.72. The lowest BCUT2D eigenvalue weighted by Gasteiger charge is -2.31. The minimum Gasteiger partial charge on any atom is -0.465 e. The molecule has 1 saturated heterocycles. The summed E-state index contributed by atoms with van der Waals surface area (Å²) < 4.78 is 5.09. The zero-order valence-electron chi connectivity index (χ0n) is 11.1. The van der Waals surface area contributed by atoms with Crippen LogP contribution in [0.2, 0.25) is 0 Å². The summed E-state index contributed by atoms with van der Waals surface area (Å²) >= 11 is 0. The number of unbranched alkanes of at least 4 members (excludes halogenated alkanes) is 2. The second-order valence-corrected chi connectivity index (χ2v) is 5.92. The number of esters is 1. The number of hydrogen-bond acceptors (Lipinski definition) is 2. The lowest BCUT2D eigenvalue weighted by molar-refractivity contribution is -0.137. The van der Waals surface area contributed by atoms with E-state index in [1.165, 1.54) is 51.4 Å². The van der Waals surface area contributed by atoms with Crippen LogP contribution in [0.25, 0.3) is 0 Å².